The van der Waals surface area contributed by atoms with Crippen LogP contribution in [0.15, 0.2) is 54.6 Å². The summed E-state index contributed by atoms with van der Waals surface area (Å²) >= 11 is 0. The average molecular weight is 351 g/mol. The molecule has 0 atom stereocenters. The molecule has 0 saturated carbocycles. The van der Waals surface area contributed by atoms with Gasteiger partial charge in [0.05, 0.1) is 0 Å². The van der Waals surface area contributed by atoms with Gasteiger partial charge in [0.25, 0.3) is 0 Å². The van der Waals surface area contributed by atoms with E-state index in [1.807, 2.05) is 30.3 Å². The Morgan fingerprint density at radius 2 is 1.92 bits per heavy atom. The van der Waals surface area contributed by atoms with Crippen LogP contribution in [0.4, 0.5) is 18.0 Å². The second kappa shape index (κ2) is 9.36. The third-order valence-electron chi connectivity index (χ3n) is 3.07. The van der Waals surface area contributed by atoms with E-state index in [9.17, 15) is 18.0 Å². The van der Waals surface area contributed by atoms with Gasteiger partial charge in [-0.1, -0.05) is 42.5 Å². The lowest BCUT2D eigenvalue weighted by atomic mass is 10.2. The first-order valence-electron chi connectivity index (χ1n) is 7.40. The zero-order valence-electron chi connectivity index (χ0n) is 13.1. The molecular formula is C18H16F3NO3. The number of hydrogen-bond acceptors (Lipinski definition) is 3. The number of amides is 1. The molecule has 0 heterocycles. The summed E-state index contributed by atoms with van der Waals surface area (Å²) in [6.07, 6.45) is 2.33. The standard InChI is InChI=1S/C18H16F3NO3/c19-15-9-8-14(16(11-15)25-17(20)21)7-4-10-22-18(23)24-12-13-5-2-1-3-6-13/h1-9,11,17H,10,12H2,(H,22,23). The maximum Gasteiger partial charge on any atom is 0.407 e. The molecule has 0 aromatic heterocycles. The SMILES string of the molecule is O=C(NCC=Cc1ccc(F)cc1OC(F)F)OCc1ccccc1. The van der Waals surface area contributed by atoms with Crippen molar-refractivity contribution in [3.63, 3.8) is 0 Å². The lowest BCUT2D eigenvalue weighted by molar-refractivity contribution is -0.0501. The quantitative estimate of drug-likeness (QED) is 0.806. The summed E-state index contributed by atoms with van der Waals surface area (Å²) in [5.41, 5.74) is 1.12. The molecular weight excluding hydrogens is 335 g/mol. The van der Waals surface area contributed by atoms with Crippen molar-refractivity contribution in [2.45, 2.75) is 13.2 Å². The molecule has 0 radical (unpaired) electrons. The van der Waals surface area contributed by atoms with Gasteiger partial charge in [-0.05, 0) is 17.7 Å². The van der Waals surface area contributed by atoms with Crippen molar-refractivity contribution in [2.75, 3.05) is 6.54 Å². The van der Waals surface area contributed by atoms with E-state index >= 15 is 0 Å². The predicted molar refractivity (Wildman–Crippen MR) is 86.7 cm³/mol. The monoisotopic (exact) mass is 351 g/mol. The Labute approximate surface area is 142 Å². The Balaban J connectivity index is 1.81. The van der Waals surface area contributed by atoms with E-state index in [4.69, 9.17) is 4.74 Å². The first-order valence-corrected chi connectivity index (χ1v) is 7.40. The van der Waals surface area contributed by atoms with Crippen molar-refractivity contribution >= 4 is 12.2 Å². The molecule has 0 fully saturated rings. The van der Waals surface area contributed by atoms with Crippen LogP contribution in [0.1, 0.15) is 11.1 Å². The van der Waals surface area contributed by atoms with E-state index < -0.39 is 18.5 Å². The Morgan fingerprint density at radius 1 is 1.16 bits per heavy atom. The van der Waals surface area contributed by atoms with Crippen molar-refractivity contribution in [1.29, 1.82) is 0 Å². The number of carbonyl (C=O) groups is 1. The molecule has 0 aliphatic carbocycles. The summed E-state index contributed by atoms with van der Waals surface area (Å²) in [5, 5.41) is 2.48. The third kappa shape index (κ3) is 6.58. The highest BCUT2D eigenvalue weighted by Crippen LogP contribution is 2.23. The fraction of sp³-hybridized carbons (Fsp3) is 0.167. The van der Waals surface area contributed by atoms with Gasteiger partial charge in [0, 0.05) is 18.2 Å². The van der Waals surface area contributed by atoms with Crippen LogP contribution >= 0.6 is 0 Å². The summed E-state index contributed by atoms with van der Waals surface area (Å²) in [6, 6.07) is 12.5. The van der Waals surface area contributed by atoms with E-state index in [0.717, 1.165) is 17.7 Å². The molecule has 0 aliphatic heterocycles. The Hall–Kier alpha value is -2.96. The number of halogens is 3. The molecule has 2 aromatic rings. The number of hydrogen-bond donors (Lipinski definition) is 1. The van der Waals surface area contributed by atoms with E-state index in [0.29, 0.717) is 0 Å². The summed E-state index contributed by atoms with van der Waals surface area (Å²) in [4.78, 5) is 11.5. The van der Waals surface area contributed by atoms with Gasteiger partial charge in [0.2, 0.25) is 0 Å². The molecule has 0 unspecified atom stereocenters. The summed E-state index contributed by atoms with van der Waals surface area (Å²) < 4.78 is 47.0. The van der Waals surface area contributed by atoms with Gasteiger partial charge in [0.1, 0.15) is 18.2 Å². The fourth-order valence-electron chi connectivity index (χ4n) is 1.95. The summed E-state index contributed by atoms with van der Waals surface area (Å²) in [7, 11) is 0. The molecule has 132 valence electrons. The summed E-state index contributed by atoms with van der Waals surface area (Å²) in [6.45, 7) is -2.81. The van der Waals surface area contributed by atoms with Crippen molar-refractivity contribution < 1.29 is 27.4 Å². The van der Waals surface area contributed by atoms with Crippen molar-refractivity contribution in [2.24, 2.45) is 0 Å². The number of rotatable bonds is 7. The van der Waals surface area contributed by atoms with Crippen molar-refractivity contribution in [1.82, 2.24) is 5.32 Å². The molecule has 1 N–H and O–H groups in total. The molecule has 7 heteroatoms. The van der Waals surface area contributed by atoms with Gasteiger partial charge in [-0.25, -0.2) is 9.18 Å². The zero-order chi connectivity index (χ0) is 18.1. The Bertz CT molecular complexity index is 721. The molecule has 4 nitrogen and oxygen atoms in total. The van der Waals surface area contributed by atoms with Crippen LogP contribution in [0.3, 0.4) is 0 Å². The van der Waals surface area contributed by atoms with Crippen molar-refractivity contribution in [3.05, 3.63) is 71.6 Å². The topological polar surface area (TPSA) is 47.6 Å². The van der Waals surface area contributed by atoms with E-state index in [1.165, 1.54) is 18.2 Å². The lowest BCUT2D eigenvalue weighted by Crippen LogP contribution is -2.24. The highest BCUT2D eigenvalue weighted by molar-refractivity contribution is 5.67. The Kier molecular flexibility index (Phi) is 6.88. The highest BCUT2D eigenvalue weighted by Gasteiger charge is 2.09. The number of nitrogens with one attached hydrogen (secondary N) is 1. The number of alkyl carbamates (subject to hydrolysis) is 1. The minimum atomic E-state index is -3.06. The number of benzene rings is 2. The number of alkyl halides is 2. The van der Waals surface area contributed by atoms with Crippen LogP contribution in [0.5, 0.6) is 5.75 Å². The molecule has 0 bridgehead atoms. The largest absolute Gasteiger partial charge is 0.445 e. The van der Waals surface area contributed by atoms with Crippen molar-refractivity contribution in [3.8, 4) is 5.75 Å². The minimum absolute atomic E-state index is 0.110. The molecule has 0 aliphatic rings. The first kappa shape index (κ1) is 18.4. The molecule has 2 aromatic carbocycles. The van der Waals surface area contributed by atoms with Crippen LogP contribution < -0.4 is 10.1 Å². The molecule has 0 saturated heterocycles. The van der Waals surface area contributed by atoms with Gasteiger partial charge < -0.3 is 14.8 Å². The van der Waals surface area contributed by atoms with E-state index in [-0.39, 0.29) is 24.5 Å². The van der Waals surface area contributed by atoms with Gasteiger partial charge in [-0.3, -0.25) is 0 Å². The van der Waals surface area contributed by atoms with Gasteiger partial charge in [-0.15, -0.1) is 0 Å². The second-order valence-electron chi connectivity index (χ2n) is 4.91. The van der Waals surface area contributed by atoms with Crippen LogP contribution in [0.25, 0.3) is 6.08 Å². The third-order valence-corrected chi connectivity index (χ3v) is 3.07. The highest BCUT2D eigenvalue weighted by atomic mass is 19.3. The first-order chi connectivity index (χ1) is 12.0. The minimum Gasteiger partial charge on any atom is -0.445 e. The van der Waals surface area contributed by atoms with E-state index in [1.54, 1.807) is 0 Å². The number of ether oxygens (including phenoxy) is 2. The van der Waals surface area contributed by atoms with E-state index in [2.05, 4.69) is 10.1 Å². The predicted octanol–water partition coefficient (Wildman–Crippen LogP) is 4.37. The molecule has 25 heavy (non-hydrogen) atoms. The van der Waals surface area contributed by atoms with Gasteiger partial charge in [0.15, 0.2) is 0 Å². The fourth-order valence-corrected chi connectivity index (χ4v) is 1.95. The smallest absolute Gasteiger partial charge is 0.407 e. The normalized spacial score (nSPS) is 10.9. The zero-order valence-corrected chi connectivity index (χ0v) is 13.1. The number of carbonyl (C=O) groups excluding carboxylic acids is 1. The Morgan fingerprint density at radius 3 is 2.64 bits per heavy atom. The van der Waals surface area contributed by atoms with Gasteiger partial charge >= 0.3 is 12.7 Å². The molecule has 2 rings (SSSR count). The maximum absolute atomic E-state index is 13.1. The molecule has 0 spiro atoms. The second-order valence-corrected chi connectivity index (χ2v) is 4.91. The van der Waals surface area contributed by atoms with Crippen LogP contribution in [0, 0.1) is 5.82 Å². The summed E-state index contributed by atoms with van der Waals surface area (Å²) in [5.74, 6) is -0.965. The van der Waals surface area contributed by atoms with Crippen LogP contribution in [0.2, 0.25) is 0 Å². The average Bonchev–Trinajstić information content (AvgIpc) is 2.59. The van der Waals surface area contributed by atoms with Gasteiger partial charge in [-0.2, -0.15) is 8.78 Å². The lowest BCUT2D eigenvalue weighted by Gasteiger charge is -2.08. The van der Waals surface area contributed by atoms with Crippen LogP contribution in [-0.2, 0) is 11.3 Å². The molecule has 1 amide bonds. The maximum atomic E-state index is 13.1. The van der Waals surface area contributed by atoms with Crippen LogP contribution in [-0.4, -0.2) is 19.2 Å².